The Hall–Kier alpha value is -0.960. The quantitative estimate of drug-likeness (QED) is 0.752. The lowest BCUT2D eigenvalue weighted by Gasteiger charge is -2.19. The van der Waals surface area contributed by atoms with Gasteiger partial charge in [0.2, 0.25) is 0 Å². The van der Waals surface area contributed by atoms with Gasteiger partial charge in [-0.2, -0.15) is 8.78 Å². The molecule has 1 atom stereocenters. The second-order valence-electron chi connectivity index (χ2n) is 3.17. The normalized spacial score (nSPS) is 14.2. The van der Waals surface area contributed by atoms with Crippen LogP contribution in [0.15, 0.2) is 24.3 Å². The number of rotatable bonds is 2. The zero-order chi connectivity index (χ0) is 10.1. The molecule has 0 spiro atoms. The average Bonchev–Trinajstić information content (AvgIpc) is 2.04. The first kappa shape index (κ1) is 10.1. The van der Waals surface area contributed by atoms with Crippen LogP contribution in [0.2, 0.25) is 0 Å². The Kier molecular flexibility index (Phi) is 2.66. The SMILES string of the molecule is Cc1cccc(C(F)(F)C(C)O)c1. The number of aryl methyl sites for hydroxylation is 1. The molecule has 0 aliphatic rings. The number of aliphatic hydroxyl groups excluding tert-OH is 1. The van der Waals surface area contributed by atoms with Crippen LogP contribution in [0.3, 0.4) is 0 Å². The molecule has 13 heavy (non-hydrogen) atoms. The van der Waals surface area contributed by atoms with Gasteiger partial charge in [-0.25, -0.2) is 0 Å². The Balaban J connectivity index is 3.07. The Labute approximate surface area is 76.0 Å². The van der Waals surface area contributed by atoms with E-state index >= 15 is 0 Å². The highest BCUT2D eigenvalue weighted by molar-refractivity contribution is 5.26. The minimum absolute atomic E-state index is 0.137. The molecular formula is C10H12F2O. The summed E-state index contributed by atoms with van der Waals surface area (Å²) >= 11 is 0. The predicted octanol–water partition coefficient (Wildman–Crippen LogP) is 2.47. The third-order valence-electron chi connectivity index (χ3n) is 1.93. The zero-order valence-electron chi connectivity index (χ0n) is 7.59. The summed E-state index contributed by atoms with van der Waals surface area (Å²) in [5, 5.41) is 8.87. The van der Waals surface area contributed by atoms with Gasteiger partial charge in [0.05, 0.1) is 0 Å². The smallest absolute Gasteiger partial charge is 0.298 e. The zero-order valence-corrected chi connectivity index (χ0v) is 7.59. The minimum atomic E-state index is -3.16. The number of halogens is 2. The number of aliphatic hydroxyl groups is 1. The summed E-state index contributed by atoms with van der Waals surface area (Å²) in [4.78, 5) is 0. The second kappa shape index (κ2) is 3.42. The van der Waals surface area contributed by atoms with Crippen LogP contribution in [0.25, 0.3) is 0 Å². The third-order valence-corrected chi connectivity index (χ3v) is 1.93. The van der Waals surface area contributed by atoms with Gasteiger partial charge in [0.25, 0.3) is 5.92 Å². The van der Waals surface area contributed by atoms with E-state index in [1.807, 2.05) is 0 Å². The molecule has 1 unspecified atom stereocenters. The van der Waals surface area contributed by atoms with Crippen molar-refractivity contribution in [3.05, 3.63) is 35.4 Å². The van der Waals surface area contributed by atoms with Crippen molar-refractivity contribution in [2.75, 3.05) is 0 Å². The van der Waals surface area contributed by atoms with Gasteiger partial charge in [-0.3, -0.25) is 0 Å². The van der Waals surface area contributed by atoms with Gasteiger partial charge in [-0.1, -0.05) is 29.8 Å². The number of hydrogen-bond acceptors (Lipinski definition) is 1. The van der Waals surface area contributed by atoms with Crippen molar-refractivity contribution in [2.45, 2.75) is 25.9 Å². The molecule has 0 aliphatic heterocycles. The number of alkyl halides is 2. The van der Waals surface area contributed by atoms with Gasteiger partial charge in [-0.15, -0.1) is 0 Å². The van der Waals surface area contributed by atoms with Gasteiger partial charge < -0.3 is 5.11 Å². The molecule has 0 aromatic heterocycles. The van der Waals surface area contributed by atoms with E-state index in [4.69, 9.17) is 5.11 Å². The molecular weight excluding hydrogens is 174 g/mol. The van der Waals surface area contributed by atoms with Gasteiger partial charge in [0.1, 0.15) is 6.10 Å². The Morgan fingerprint density at radius 2 is 2.00 bits per heavy atom. The maximum absolute atomic E-state index is 13.2. The summed E-state index contributed by atoms with van der Waals surface area (Å²) < 4.78 is 26.4. The highest BCUT2D eigenvalue weighted by Gasteiger charge is 2.37. The van der Waals surface area contributed by atoms with Gasteiger partial charge in [0, 0.05) is 5.56 Å². The fraction of sp³-hybridized carbons (Fsp3) is 0.400. The van der Waals surface area contributed by atoms with Crippen LogP contribution in [0, 0.1) is 6.92 Å². The molecule has 0 saturated heterocycles. The van der Waals surface area contributed by atoms with Crippen molar-refractivity contribution < 1.29 is 13.9 Å². The third kappa shape index (κ3) is 2.04. The van der Waals surface area contributed by atoms with Crippen LogP contribution in [0.4, 0.5) is 8.78 Å². The Morgan fingerprint density at radius 3 is 2.46 bits per heavy atom. The van der Waals surface area contributed by atoms with Crippen LogP contribution in [-0.2, 0) is 5.92 Å². The van der Waals surface area contributed by atoms with Crippen molar-refractivity contribution in [3.63, 3.8) is 0 Å². The van der Waals surface area contributed by atoms with E-state index in [2.05, 4.69) is 0 Å². The fourth-order valence-electron chi connectivity index (χ4n) is 1.09. The largest absolute Gasteiger partial charge is 0.387 e. The molecule has 1 nitrogen and oxygen atoms in total. The van der Waals surface area contributed by atoms with E-state index in [-0.39, 0.29) is 5.56 Å². The summed E-state index contributed by atoms with van der Waals surface area (Å²) in [5.74, 6) is -3.16. The molecule has 1 N–H and O–H groups in total. The lowest BCUT2D eigenvalue weighted by Crippen LogP contribution is -2.27. The van der Waals surface area contributed by atoms with E-state index in [9.17, 15) is 8.78 Å². The van der Waals surface area contributed by atoms with Gasteiger partial charge in [0.15, 0.2) is 0 Å². The highest BCUT2D eigenvalue weighted by Crippen LogP contribution is 2.31. The molecule has 0 bridgehead atoms. The summed E-state index contributed by atoms with van der Waals surface area (Å²) in [6, 6.07) is 6.00. The van der Waals surface area contributed by atoms with Crippen molar-refractivity contribution in [3.8, 4) is 0 Å². The van der Waals surface area contributed by atoms with Crippen LogP contribution in [-0.4, -0.2) is 11.2 Å². The second-order valence-corrected chi connectivity index (χ2v) is 3.17. The average molecular weight is 186 g/mol. The summed E-state index contributed by atoms with van der Waals surface area (Å²) in [5.41, 5.74) is 0.625. The topological polar surface area (TPSA) is 20.2 Å². The maximum atomic E-state index is 13.2. The number of benzene rings is 1. The van der Waals surface area contributed by atoms with Crippen LogP contribution in [0.1, 0.15) is 18.1 Å². The molecule has 0 heterocycles. The minimum Gasteiger partial charge on any atom is -0.387 e. The lowest BCUT2D eigenvalue weighted by atomic mass is 10.0. The monoisotopic (exact) mass is 186 g/mol. The van der Waals surface area contributed by atoms with E-state index in [1.165, 1.54) is 12.1 Å². The molecule has 0 saturated carbocycles. The van der Waals surface area contributed by atoms with Crippen LogP contribution in [0.5, 0.6) is 0 Å². The molecule has 1 aromatic carbocycles. The van der Waals surface area contributed by atoms with Crippen molar-refractivity contribution >= 4 is 0 Å². The molecule has 0 fully saturated rings. The molecule has 0 aliphatic carbocycles. The van der Waals surface area contributed by atoms with E-state index in [0.717, 1.165) is 12.5 Å². The first-order valence-electron chi connectivity index (χ1n) is 4.07. The molecule has 0 amide bonds. The van der Waals surface area contributed by atoms with E-state index < -0.39 is 12.0 Å². The first-order chi connectivity index (χ1) is 5.94. The Morgan fingerprint density at radius 1 is 1.38 bits per heavy atom. The molecule has 1 rings (SSSR count). The Bertz CT molecular complexity index is 295. The van der Waals surface area contributed by atoms with Crippen LogP contribution < -0.4 is 0 Å². The molecule has 3 heteroatoms. The van der Waals surface area contributed by atoms with Crippen molar-refractivity contribution in [2.24, 2.45) is 0 Å². The fourth-order valence-corrected chi connectivity index (χ4v) is 1.09. The molecule has 72 valence electrons. The van der Waals surface area contributed by atoms with Crippen molar-refractivity contribution in [1.82, 2.24) is 0 Å². The van der Waals surface area contributed by atoms with E-state index in [0.29, 0.717) is 0 Å². The summed E-state index contributed by atoms with van der Waals surface area (Å²) in [6.07, 6.45) is -1.66. The first-order valence-corrected chi connectivity index (χ1v) is 4.07. The summed E-state index contributed by atoms with van der Waals surface area (Å²) in [7, 11) is 0. The van der Waals surface area contributed by atoms with Crippen LogP contribution >= 0.6 is 0 Å². The highest BCUT2D eigenvalue weighted by atomic mass is 19.3. The molecule has 1 aromatic rings. The predicted molar refractivity (Wildman–Crippen MR) is 46.8 cm³/mol. The van der Waals surface area contributed by atoms with Gasteiger partial charge >= 0.3 is 0 Å². The maximum Gasteiger partial charge on any atom is 0.298 e. The summed E-state index contributed by atoms with van der Waals surface area (Å²) in [6.45, 7) is 2.82. The molecule has 0 radical (unpaired) electrons. The lowest BCUT2D eigenvalue weighted by molar-refractivity contribution is -0.106. The standard InChI is InChI=1S/C10H12F2O/c1-7-4-3-5-9(6-7)10(11,12)8(2)13/h3-6,8,13H,1-2H3. The number of hydrogen-bond donors (Lipinski definition) is 1. The van der Waals surface area contributed by atoms with Crippen molar-refractivity contribution in [1.29, 1.82) is 0 Å². The van der Waals surface area contributed by atoms with E-state index in [1.54, 1.807) is 19.1 Å². The van der Waals surface area contributed by atoms with Gasteiger partial charge in [-0.05, 0) is 13.8 Å².